The molecule has 0 aliphatic heterocycles. The summed E-state index contributed by atoms with van der Waals surface area (Å²) in [5.74, 6) is -0.627. The number of rotatable bonds is 11. The van der Waals surface area contributed by atoms with Crippen molar-refractivity contribution in [2.24, 2.45) is 11.0 Å². The minimum Gasteiger partial charge on any atom is -0.490 e. The van der Waals surface area contributed by atoms with E-state index in [9.17, 15) is 14.4 Å². The van der Waals surface area contributed by atoms with Crippen LogP contribution in [0.4, 0.5) is 0 Å². The van der Waals surface area contributed by atoms with Crippen LogP contribution in [0.25, 0.3) is 0 Å². The fourth-order valence-corrected chi connectivity index (χ4v) is 2.78. The summed E-state index contributed by atoms with van der Waals surface area (Å²) in [6.45, 7) is 5.64. The second kappa shape index (κ2) is 12.8. The molecule has 2 amide bonds. The predicted octanol–water partition coefficient (Wildman–Crippen LogP) is 2.54. The molecule has 0 bridgehead atoms. The zero-order valence-electron chi connectivity index (χ0n) is 19.2. The number of benzene rings is 2. The lowest BCUT2D eigenvalue weighted by Gasteiger charge is -2.20. The van der Waals surface area contributed by atoms with Crippen LogP contribution < -0.4 is 20.2 Å². The lowest BCUT2D eigenvalue weighted by Crippen LogP contribution is -2.48. The van der Waals surface area contributed by atoms with Gasteiger partial charge in [-0.1, -0.05) is 32.0 Å². The molecule has 0 fully saturated rings. The molecule has 0 aliphatic carbocycles. The van der Waals surface area contributed by atoms with E-state index in [1.54, 1.807) is 42.5 Å². The molecule has 0 saturated heterocycles. The summed E-state index contributed by atoms with van der Waals surface area (Å²) >= 11 is 0. The number of hydrogen-bond donors (Lipinski definition) is 2. The first kappa shape index (κ1) is 25.4. The Morgan fingerprint density at radius 3 is 2.39 bits per heavy atom. The minimum absolute atomic E-state index is 0.149. The van der Waals surface area contributed by atoms with Gasteiger partial charge in [-0.2, -0.15) is 5.10 Å². The summed E-state index contributed by atoms with van der Waals surface area (Å²) in [4.78, 5) is 36.3. The molecule has 0 radical (unpaired) electrons. The zero-order valence-corrected chi connectivity index (χ0v) is 19.2. The Kier molecular flexibility index (Phi) is 9.88. The summed E-state index contributed by atoms with van der Waals surface area (Å²) in [6.07, 6.45) is 1.45. The Balaban J connectivity index is 2.03. The molecule has 0 aliphatic rings. The highest BCUT2D eigenvalue weighted by atomic mass is 16.6. The molecule has 9 nitrogen and oxygen atoms in total. The maximum absolute atomic E-state index is 12.6. The average molecular weight is 456 g/mol. The highest BCUT2D eigenvalue weighted by molar-refractivity contribution is 5.97. The summed E-state index contributed by atoms with van der Waals surface area (Å²) in [5.41, 5.74) is 3.57. The molecule has 2 rings (SSSR count). The second-order valence-corrected chi connectivity index (χ2v) is 7.30. The molecule has 2 aromatic rings. The summed E-state index contributed by atoms with van der Waals surface area (Å²) < 4.78 is 15.5. The first-order valence-corrected chi connectivity index (χ1v) is 10.5. The van der Waals surface area contributed by atoms with Crippen molar-refractivity contribution < 1.29 is 28.6 Å². The monoisotopic (exact) mass is 455 g/mol. The van der Waals surface area contributed by atoms with E-state index in [1.165, 1.54) is 13.3 Å². The predicted molar refractivity (Wildman–Crippen MR) is 123 cm³/mol. The number of methoxy groups -OCH3 is 1. The Hall–Kier alpha value is -3.88. The topological polar surface area (TPSA) is 115 Å². The van der Waals surface area contributed by atoms with E-state index in [1.807, 2.05) is 26.8 Å². The molecule has 1 unspecified atom stereocenters. The lowest BCUT2D eigenvalue weighted by molar-refractivity contribution is -0.142. The van der Waals surface area contributed by atoms with E-state index < -0.39 is 17.9 Å². The van der Waals surface area contributed by atoms with Gasteiger partial charge in [-0.15, -0.1) is 0 Å². The molecule has 0 aromatic heterocycles. The maximum Gasteiger partial charge on any atom is 0.343 e. The highest BCUT2D eigenvalue weighted by Crippen LogP contribution is 2.28. The number of carbonyl (C=O) groups is 3. The lowest BCUT2D eigenvalue weighted by atomic mass is 10.0. The fourth-order valence-electron chi connectivity index (χ4n) is 2.78. The summed E-state index contributed by atoms with van der Waals surface area (Å²) in [6, 6.07) is 12.9. The van der Waals surface area contributed by atoms with E-state index in [0.29, 0.717) is 29.2 Å². The van der Waals surface area contributed by atoms with Gasteiger partial charge in [0.25, 0.3) is 11.8 Å². The number of hydrogen-bond acceptors (Lipinski definition) is 7. The normalized spacial score (nSPS) is 11.7. The van der Waals surface area contributed by atoms with Gasteiger partial charge in [-0.25, -0.2) is 10.2 Å². The Morgan fingerprint density at radius 2 is 1.76 bits per heavy atom. The van der Waals surface area contributed by atoms with Crippen molar-refractivity contribution in [3.05, 3.63) is 59.7 Å². The molecule has 2 aromatic carbocycles. The summed E-state index contributed by atoms with van der Waals surface area (Å²) in [5, 5.41) is 6.74. The van der Waals surface area contributed by atoms with Gasteiger partial charge in [-0.05, 0) is 48.7 Å². The van der Waals surface area contributed by atoms with Crippen molar-refractivity contribution in [3.8, 4) is 11.5 Å². The van der Waals surface area contributed by atoms with Gasteiger partial charge in [0.1, 0.15) is 6.04 Å². The van der Waals surface area contributed by atoms with Crippen LogP contribution in [0.15, 0.2) is 53.6 Å². The number of carbonyl (C=O) groups excluding carboxylic acids is 3. The maximum atomic E-state index is 12.6. The third-order valence-corrected chi connectivity index (χ3v) is 4.50. The number of nitrogens with one attached hydrogen (secondary N) is 2. The van der Waals surface area contributed by atoms with E-state index in [2.05, 4.69) is 20.6 Å². The molecule has 1 atom stereocenters. The summed E-state index contributed by atoms with van der Waals surface area (Å²) in [7, 11) is 1.28. The quantitative estimate of drug-likeness (QED) is 0.306. The first-order chi connectivity index (χ1) is 15.8. The first-order valence-electron chi connectivity index (χ1n) is 10.5. The number of hydrazone groups is 1. The number of ether oxygens (including phenoxy) is 3. The van der Waals surface area contributed by atoms with Gasteiger partial charge < -0.3 is 19.5 Å². The number of esters is 1. The van der Waals surface area contributed by atoms with Crippen LogP contribution in [0.3, 0.4) is 0 Å². The average Bonchev–Trinajstić information content (AvgIpc) is 2.82. The van der Waals surface area contributed by atoms with E-state index in [-0.39, 0.29) is 18.4 Å². The Morgan fingerprint density at radius 1 is 1.03 bits per heavy atom. The van der Waals surface area contributed by atoms with Crippen molar-refractivity contribution in [1.29, 1.82) is 0 Å². The molecule has 0 spiro atoms. The van der Waals surface area contributed by atoms with Crippen LogP contribution in [-0.4, -0.2) is 50.4 Å². The standard InChI is InChI=1S/C24H29N3O6/c1-5-32-20-13-17(11-12-19(20)33-15-21(28)31-4)14-25-27-24(30)22(16(2)3)26-23(29)18-9-7-6-8-10-18/h6-14,16,22H,5,15H2,1-4H3,(H,26,29)(H,27,30). The molecular weight excluding hydrogens is 426 g/mol. The van der Waals surface area contributed by atoms with Gasteiger partial charge in [0.2, 0.25) is 0 Å². The van der Waals surface area contributed by atoms with Gasteiger partial charge in [-0.3, -0.25) is 9.59 Å². The van der Waals surface area contributed by atoms with Crippen molar-refractivity contribution in [1.82, 2.24) is 10.7 Å². The molecule has 9 heteroatoms. The van der Waals surface area contributed by atoms with Gasteiger partial charge in [0.05, 0.1) is 19.9 Å². The van der Waals surface area contributed by atoms with E-state index in [0.717, 1.165) is 0 Å². The smallest absolute Gasteiger partial charge is 0.343 e. The van der Waals surface area contributed by atoms with Crippen LogP contribution >= 0.6 is 0 Å². The third kappa shape index (κ3) is 7.95. The van der Waals surface area contributed by atoms with Crippen molar-refractivity contribution in [3.63, 3.8) is 0 Å². The highest BCUT2D eigenvalue weighted by Gasteiger charge is 2.24. The zero-order chi connectivity index (χ0) is 24.2. The molecule has 33 heavy (non-hydrogen) atoms. The van der Waals surface area contributed by atoms with Crippen molar-refractivity contribution >= 4 is 24.0 Å². The van der Waals surface area contributed by atoms with Crippen molar-refractivity contribution in [2.45, 2.75) is 26.8 Å². The Labute approximate surface area is 193 Å². The number of nitrogens with zero attached hydrogens (tertiary/aromatic N) is 1. The molecule has 2 N–H and O–H groups in total. The van der Waals surface area contributed by atoms with Crippen LogP contribution in [0.1, 0.15) is 36.7 Å². The molecule has 0 saturated carbocycles. The van der Waals surface area contributed by atoms with Crippen molar-refractivity contribution in [2.75, 3.05) is 20.3 Å². The Bertz CT molecular complexity index is 975. The molecule has 0 heterocycles. The van der Waals surface area contributed by atoms with E-state index in [4.69, 9.17) is 9.47 Å². The van der Waals surface area contributed by atoms with Gasteiger partial charge in [0, 0.05) is 5.56 Å². The third-order valence-electron chi connectivity index (χ3n) is 4.50. The van der Waals surface area contributed by atoms with Crippen LogP contribution in [-0.2, 0) is 14.3 Å². The van der Waals surface area contributed by atoms with Crippen LogP contribution in [0, 0.1) is 5.92 Å². The van der Waals surface area contributed by atoms with Crippen LogP contribution in [0.2, 0.25) is 0 Å². The SMILES string of the molecule is CCOc1cc(C=NNC(=O)C(NC(=O)c2ccccc2)C(C)C)ccc1OCC(=O)OC. The molecule has 176 valence electrons. The molecular formula is C24H29N3O6. The van der Waals surface area contributed by atoms with Gasteiger partial charge in [0.15, 0.2) is 18.1 Å². The van der Waals surface area contributed by atoms with E-state index >= 15 is 0 Å². The fraction of sp³-hybridized carbons (Fsp3) is 0.333. The number of amides is 2. The second-order valence-electron chi connectivity index (χ2n) is 7.30. The van der Waals surface area contributed by atoms with Gasteiger partial charge >= 0.3 is 5.97 Å². The minimum atomic E-state index is -0.761. The van der Waals surface area contributed by atoms with Crippen LogP contribution in [0.5, 0.6) is 11.5 Å². The largest absolute Gasteiger partial charge is 0.490 e.